The molecular formula is C17H23NO. The van der Waals surface area contributed by atoms with Gasteiger partial charge >= 0.3 is 0 Å². The van der Waals surface area contributed by atoms with Crippen LogP contribution in [0.4, 0.5) is 0 Å². The van der Waals surface area contributed by atoms with Gasteiger partial charge in [-0.2, -0.15) is 0 Å². The summed E-state index contributed by atoms with van der Waals surface area (Å²) in [4.78, 5) is 0. The zero-order valence-electron chi connectivity index (χ0n) is 11.7. The molecule has 2 rings (SSSR count). The van der Waals surface area contributed by atoms with Crippen LogP contribution >= 0.6 is 0 Å². The molecule has 0 saturated heterocycles. The van der Waals surface area contributed by atoms with Gasteiger partial charge in [0.25, 0.3) is 0 Å². The van der Waals surface area contributed by atoms with E-state index in [9.17, 15) is 0 Å². The number of fused-ring (bicyclic) bond motifs is 1. The molecule has 102 valence electrons. The van der Waals surface area contributed by atoms with Gasteiger partial charge < -0.3 is 10.5 Å². The summed E-state index contributed by atoms with van der Waals surface area (Å²) in [6.45, 7) is 0.811. The highest BCUT2D eigenvalue weighted by Crippen LogP contribution is 2.29. The highest BCUT2D eigenvalue weighted by molar-refractivity contribution is 5.91. The molecule has 19 heavy (non-hydrogen) atoms. The second kappa shape index (κ2) is 7.15. The summed E-state index contributed by atoms with van der Waals surface area (Å²) < 4.78 is 5.43. The molecule has 0 amide bonds. The molecule has 2 aromatic rings. The molecule has 0 aliphatic rings. The number of hydrogen-bond donors (Lipinski definition) is 1. The largest absolute Gasteiger partial charge is 0.496 e. The number of methoxy groups -OCH3 is 1. The second-order valence-electron chi connectivity index (χ2n) is 4.93. The molecule has 0 atom stereocenters. The van der Waals surface area contributed by atoms with E-state index in [1.165, 1.54) is 35.6 Å². The van der Waals surface area contributed by atoms with E-state index in [1.807, 2.05) is 0 Å². The Labute approximate surface area is 115 Å². The monoisotopic (exact) mass is 257 g/mol. The molecule has 0 aliphatic heterocycles. The molecule has 0 aromatic heterocycles. The fourth-order valence-electron chi connectivity index (χ4n) is 2.54. The van der Waals surface area contributed by atoms with E-state index in [2.05, 4.69) is 36.4 Å². The maximum atomic E-state index is 5.51. The van der Waals surface area contributed by atoms with E-state index >= 15 is 0 Å². The van der Waals surface area contributed by atoms with Crippen LogP contribution in [0.1, 0.15) is 31.2 Å². The molecule has 0 aliphatic carbocycles. The molecule has 2 heteroatoms. The van der Waals surface area contributed by atoms with Gasteiger partial charge in [0.1, 0.15) is 5.75 Å². The topological polar surface area (TPSA) is 35.2 Å². The third-order valence-corrected chi connectivity index (χ3v) is 3.59. The minimum atomic E-state index is 0.811. The lowest BCUT2D eigenvalue weighted by Gasteiger charge is -2.10. The molecule has 2 aromatic carbocycles. The number of aryl methyl sites for hydroxylation is 1. The second-order valence-corrected chi connectivity index (χ2v) is 4.93. The van der Waals surface area contributed by atoms with E-state index in [0.29, 0.717) is 0 Å². The Morgan fingerprint density at radius 2 is 1.63 bits per heavy atom. The highest BCUT2D eigenvalue weighted by atomic mass is 16.5. The fraction of sp³-hybridized carbons (Fsp3) is 0.412. The third kappa shape index (κ3) is 3.48. The zero-order valence-corrected chi connectivity index (χ0v) is 11.7. The number of hydrogen-bond acceptors (Lipinski definition) is 2. The maximum Gasteiger partial charge on any atom is 0.126 e. The van der Waals surface area contributed by atoms with E-state index in [0.717, 1.165) is 25.1 Å². The van der Waals surface area contributed by atoms with Gasteiger partial charge in [-0.1, -0.05) is 43.2 Å². The van der Waals surface area contributed by atoms with Gasteiger partial charge in [0.2, 0.25) is 0 Å². The summed E-state index contributed by atoms with van der Waals surface area (Å²) in [6, 6.07) is 12.8. The van der Waals surface area contributed by atoms with Crippen molar-refractivity contribution in [1.82, 2.24) is 0 Å². The average Bonchev–Trinajstić information content (AvgIpc) is 2.47. The highest BCUT2D eigenvalue weighted by Gasteiger charge is 2.05. The Morgan fingerprint density at radius 3 is 2.37 bits per heavy atom. The van der Waals surface area contributed by atoms with Crippen molar-refractivity contribution < 1.29 is 4.74 Å². The van der Waals surface area contributed by atoms with Crippen molar-refractivity contribution in [2.24, 2.45) is 5.73 Å². The Balaban J connectivity index is 2.11. The van der Waals surface area contributed by atoms with Crippen LogP contribution in [0.25, 0.3) is 10.8 Å². The lowest BCUT2D eigenvalue weighted by molar-refractivity contribution is 0.419. The summed E-state index contributed by atoms with van der Waals surface area (Å²) in [6.07, 6.45) is 6.01. The number of benzene rings is 2. The van der Waals surface area contributed by atoms with Gasteiger partial charge in [0, 0.05) is 5.39 Å². The van der Waals surface area contributed by atoms with Crippen molar-refractivity contribution in [2.45, 2.75) is 32.1 Å². The van der Waals surface area contributed by atoms with Crippen molar-refractivity contribution in [1.29, 1.82) is 0 Å². The lowest BCUT2D eigenvalue weighted by Crippen LogP contribution is -1.98. The van der Waals surface area contributed by atoms with Crippen LogP contribution in [-0.2, 0) is 6.42 Å². The summed E-state index contributed by atoms with van der Waals surface area (Å²) in [5, 5.41) is 2.53. The summed E-state index contributed by atoms with van der Waals surface area (Å²) in [5.74, 6) is 0.961. The van der Waals surface area contributed by atoms with Crippen molar-refractivity contribution in [3.05, 3.63) is 42.0 Å². The molecule has 0 saturated carbocycles. The standard InChI is InChI=1S/C17H23NO/c1-19-17-12-11-14(8-4-2-3-7-13-18)15-9-5-6-10-16(15)17/h5-6,9-12H,2-4,7-8,13,18H2,1H3. The molecular weight excluding hydrogens is 234 g/mol. The number of rotatable bonds is 7. The Morgan fingerprint density at radius 1 is 0.895 bits per heavy atom. The van der Waals surface area contributed by atoms with Gasteiger partial charge in [-0.3, -0.25) is 0 Å². The Hall–Kier alpha value is -1.54. The molecule has 0 bridgehead atoms. The van der Waals surface area contributed by atoms with Crippen LogP contribution in [0.5, 0.6) is 5.75 Å². The normalized spacial score (nSPS) is 10.8. The van der Waals surface area contributed by atoms with Crippen LogP contribution in [0.3, 0.4) is 0 Å². The van der Waals surface area contributed by atoms with Gasteiger partial charge in [0.05, 0.1) is 7.11 Å². The summed E-state index contributed by atoms with van der Waals surface area (Å²) >= 11 is 0. The van der Waals surface area contributed by atoms with Crippen LogP contribution in [-0.4, -0.2) is 13.7 Å². The van der Waals surface area contributed by atoms with Gasteiger partial charge in [-0.05, 0) is 42.8 Å². The smallest absolute Gasteiger partial charge is 0.126 e. The van der Waals surface area contributed by atoms with Crippen LogP contribution in [0.15, 0.2) is 36.4 Å². The van der Waals surface area contributed by atoms with Gasteiger partial charge in [-0.15, -0.1) is 0 Å². The number of unbranched alkanes of at least 4 members (excludes halogenated alkanes) is 3. The van der Waals surface area contributed by atoms with Crippen molar-refractivity contribution in [3.63, 3.8) is 0 Å². The molecule has 2 nitrogen and oxygen atoms in total. The number of nitrogens with two attached hydrogens (primary N) is 1. The van der Waals surface area contributed by atoms with Crippen molar-refractivity contribution in [3.8, 4) is 5.75 Å². The van der Waals surface area contributed by atoms with E-state index in [-0.39, 0.29) is 0 Å². The average molecular weight is 257 g/mol. The molecule has 2 N–H and O–H groups in total. The Bertz CT molecular complexity index is 522. The molecule has 0 unspecified atom stereocenters. The van der Waals surface area contributed by atoms with E-state index in [1.54, 1.807) is 7.11 Å². The summed E-state index contributed by atoms with van der Waals surface area (Å²) in [7, 11) is 1.73. The predicted molar refractivity (Wildman–Crippen MR) is 81.7 cm³/mol. The minimum absolute atomic E-state index is 0.811. The van der Waals surface area contributed by atoms with Crippen LogP contribution < -0.4 is 10.5 Å². The maximum absolute atomic E-state index is 5.51. The summed E-state index contributed by atoms with van der Waals surface area (Å²) in [5.41, 5.74) is 6.93. The van der Waals surface area contributed by atoms with Gasteiger partial charge in [-0.25, -0.2) is 0 Å². The molecule has 0 heterocycles. The first-order valence-electron chi connectivity index (χ1n) is 7.11. The van der Waals surface area contributed by atoms with Crippen molar-refractivity contribution >= 4 is 10.8 Å². The van der Waals surface area contributed by atoms with Crippen LogP contribution in [0, 0.1) is 0 Å². The fourth-order valence-corrected chi connectivity index (χ4v) is 2.54. The van der Waals surface area contributed by atoms with E-state index in [4.69, 9.17) is 10.5 Å². The van der Waals surface area contributed by atoms with Gasteiger partial charge in [0.15, 0.2) is 0 Å². The van der Waals surface area contributed by atoms with Crippen molar-refractivity contribution in [2.75, 3.05) is 13.7 Å². The lowest BCUT2D eigenvalue weighted by atomic mass is 9.99. The third-order valence-electron chi connectivity index (χ3n) is 3.59. The predicted octanol–water partition coefficient (Wildman–Crippen LogP) is 3.91. The zero-order chi connectivity index (χ0) is 13.5. The molecule has 0 fully saturated rings. The number of ether oxygens (including phenoxy) is 1. The Kier molecular flexibility index (Phi) is 5.22. The quantitative estimate of drug-likeness (QED) is 0.763. The SMILES string of the molecule is COc1ccc(CCCCCCN)c2ccccc12. The van der Waals surface area contributed by atoms with E-state index < -0.39 is 0 Å². The first-order valence-corrected chi connectivity index (χ1v) is 7.11. The first kappa shape index (κ1) is 13.9. The minimum Gasteiger partial charge on any atom is -0.496 e. The molecule has 0 radical (unpaired) electrons. The first-order chi connectivity index (χ1) is 9.36. The van der Waals surface area contributed by atoms with Crippen LogP contribution in [0.2, 0.25) is 0 Å². The molecule has 0 spiro atoms.